The second-order valence-corrected chi connectivity index (χ2v) is 16.0. The van der Waals surface area contributed by atoms with Crippen LogP contribution in [0.15, 0.2) is 12.2 Å². The number of carbonyl (C=O) groups excluding carboxylic acids is 1. The van der Waals surface area contributed by atoms with Crippen molar-refractivity contribution < 1.29 is 32.9 Å². The standard InChI is InChI=1S/C38H77N2O6P/c1-6-8-10-12-14-16-18-19-20-21-22-24-26-28-30-32-38(42)39-36(35-46-47(43,44)45-34-33-40(3,4)5)37(41)31-29-27-25-23-17-15-13-11-9-7-2/h16,18,36-37,41H,6-15,17,19-35H2,1-5H3,(H-,39,42,43,44)/b18-16-. The topological polar surface area (TPSA) is 108 Å². The van der Waals surface area contributed by atoms with E-state index < -0.39 is 20.0 Å². The Balaban J connectivity index is 4.42. The van der Waals surface area contributed by atoms with Gasteiger partial charge in [-0.3, -0.25) is 9.36 Å². The highest BCUT2D eigenvalue weighted by atomic mass is 31.2. The number of nitrogens with one attached hydrogen (secondary N) is 1. The number of hydrogen-bond donors (Lipinski definition) is 2. The smallest absolute Gasteiger partial charge is 0.268 e. The zero-order valence-electron chi connectivity index (χ0n) is 31.5. The first-order chi connectivity index (χ1) is 22.5. The molecule has 280 valence electrons. The molecular formula is C38H77N2O6P. The monoisotopic (exact) mass is 689 g/mol. The van der Waals surface area contributed by atoms with Crippen LogP contribution in [-0.4, -0.2) is 68.5 Å². The first-order valence-corrected chi connectivity index (χ1v) is 21.0. The van der Waals surface area contributed by atoms with Crippen LogP contribution in [0.1, 0.15) is 174 Å². The van der Waals surface area contributed by atoms with Gasteiger partial charge in [0.05, 0.1) is 39.9 Å². The number of rotatable bonds is 35. The molecule has 8 nitrogen and oxygen atoms in total. The molecule has 9 heteroatoms. The van der Waals surface area contributed by atoms with Crippen molar-refractivity contribution >= 4 is 13.7 Å². The third kappa shape index (κ3) is 33.5. The molecule has 2 N–H and O–H groups in total. The van der Waals surface area contributed by atoms with Gasteiger partial charge in [0.25, 0.3) is 7.82 Å². The number of phosphoric acid groups is 1. The fourth-order valence-electron chi connectivity index (χ4n) is 5.56. The first-order valence-electron chi connectivity index (χ1n) is 19.5. The second kappa shape index (κ2) is 31.2. The SMILES string of the molecule is CCCCCC/C=C\CCCCCCCCCC(=O)NC(COP(=O)([O-])OCC[N+](C)(C)C)C(O)CCCCCCCCCCCC. The molecule has 3 atom stereocenters. The summed E-state index contributed by atoms with van der Waals surface area (Å²) < 4.78 is 23.1. The van der Waals surface area contributed by atoms with Gasteiger partial charge in [0.15, 0.2) is 0 Å². The molecule has 0 aliphatic rings. The Morgan fingerprint density at radius 1 is 0.723 bits per heavy atom. The summed E-state index contributed by atoms with van der Waals surface area (Å²) in [6, 6.07) is -0.796. The minimum absolute atomic E-state index is 0.0126. The Labute approximate surface area is 291 Å². The molecule has 0 aromatic rings. The molecule has 3 unspecified atom stereocenters. The molecule has 0 rings (SSSR count). The Morgan fingerprint density at radius 3 is 1.68 bits per heavy atom. The maximum atomic E-state index is 12.8. The highest BCUT2D eigenvalue weighted by Crippen LogP contribution is 2.38. The van der Waals surface area contributed by atoms with E-state index in [1.54, 1.807) is 0 Å². The zero-order chi connectivity index (χ0) is 35.1. The van der Waals surface area contributed by atoms with Crippen LogP contribution in [0, 0.1) is 0 Å². The molecule has 1 amide bonds. The number of allylic oxidation sites excluding steroid dienone is 2. The molecule has 0 aromatic heterocycles. The van der Waals surface area contributed by atoms with Crippen LogP contribution in [0.4, 0.5) is 0 Å². The van der Waals surface area contributed by atoms with E-state index in [0.717, 1.165) is 38.5 Å². The molecule has 0 aromatic carbocycles. The lowest BCUT2D eigenvalue weighted by molar-refractivity contribution is -0.870. The van der Waals surface area contributed by atoms with Crippen LogP contribution in [0.2, 0.25) is 0 Å². The molecular weight excluding hydrogens is 611 g/mol. The number of amides is 1. The number of aliphatic hydroxyl groups excluding tert-OH is 1. The van der Waals surface area contributed by atoms with Gasteiger partial charge in [-0.05, 0) is 38.5 Å². The average Bonchev–Trinajstić information content (AvgIpc) is 3.01. The van der Waals surface area contributed by atoms with Crippen LogP contribution in [-0.2, 0) is 18.4 Å². The predicted octanol–water partition coefficient (Wildman–Crippen LogP) is 9.39. The molecule has 0 saturated carbocycles. The average molecular weight is 689 g/mol. The fraction of sp³-hybridized carbons (Fsp3) is 0.921. The molecule has 0 radical (unpaired) electrons. The number of likely N-dealkylation sites (N-methyl/N-ethyl adjacent to an activating group) is 1. The van der Waals surface area contributed by atoms with Gasteiger partial charge < -0.3 is 28.8 Å². The van der Waals surface area contributed by atoms with Gasteiger partial charge in [-0.2, -0.15) is 0 Å². The van der Waals surface area contributed by atoms with Crippen LogP contribution in [0.25, 0.3) is 0 Å². The van der Waals surface area contributed by atoms with E-state index in [1.165, 1.54) is 109 Å². The number of phosphoric ester groups is 1. The fourth-order valence-corrected chi connectivity index (χ4v) is 6.28. The third-order valence-corrected chi connectivity index (χ3v) is 9.72. The van der Waals surface area contributed by atoms with Crippen molar-refractivity contribution in [2.24, 2.45) is 0 Å². The number of carbonyl (C=O) groups is 1. The summed E-state index contributed by atoms with van der Waals surface area (Å²) in [5, 5.41) is 13.8. The van der Waals surface area contributed by atoms with Crippen molar-refractivity contribution in [1.29, 1.82) is 0 Å². The summed E-state index contributed by atoms with van der Waals surface area (Å²) in [6.07, 6.45) is 32.1. The van der Waals surface area contributed by atoms with E-state index >= 15 is 0 Å². The molecule has 0 spiro atoms. The third-order valence-electron chi connectivity index (χ3n) is 8.75. The molecule has 0 fully saturated rings. The summed E-state index contributed by atoms with van der Waals surface area (Å²) in [7, 11) is 1.30. The largest absolute Gasteiger partial charge is 0.756 e. The highest BCUT2D eigenvalue weighted by Gasteiger charge is 2.24. The summed E-state index contributed by atoms with van der Waals surface area (Å²) >= 11 is 0. The Kier molecular flexibility index (Phi) is 30.7. The van der Waals surface area contributed by atoms with Gasteiger partial charge in [0.1, 0.15) is 13.2 Å². The summed E-state index contributed by atoms with van der Waals surface area (Å²) in [5.41, 5.74) is 0. The van der Waals surface area contributed by atoms with Gasteiger partial charge in [-0.1, -0.05) is 142 Å². The first kappa shape index (κ1) is 46.2. The van der Waals surface area contributed by atoms with Crippen molar-refractivity contribution in [2.75, 3.05) is 40.9 Å². The lowest BCUT2D eigenvalue weighted by atomic mass is 10.0. The summed E-state index contributed by atoms with van der Waals surface area (Å²) in [4.78, 5) is 25.2. The number of quaternary nitrogens is 1. The van der Waals surface area contributed by atoms with Gasteiger partial charge in [-0.15, -0.1) is 0 Å². The lowest BCUT2D eigenvalue weighted by Gasteiger charge is -2.30. The maximum Gasteiger partial charge on any atom is 0.268 e. The summed E-state index contributed by atoms with van der Waals surface area (Å²) in [5.74, 6) is -0.172. The molecule has 0 aliphatic carbocycles. The van der Waals surface area contributed by atoms with Gasteiger partial charge in [0, 0.05) is 6.42 Å². The Hall–Kier alpha value is -0.760. The number of aliphatic hydroxyl groups is 1. The Morgan fingerprint density at radius 2 is 1.17 bits per heavy atom. The van der Waals surface area contributed by atoms with Crippen molar-refractivity contribution in [2.45, 2.75) is 187 Å². The van der Waals surface area contributed by atoms with Crippen molar-refractivity contribution in [1.82, 2.24) is 5.32 Å². The Bertz CT molecular complexity index is 789. The molecule has 0 aliphatic heterocycles. The number of hydrogen-bond acceptors (Lipinski definition) is 6. The summed E-state index contributed by atoms with van der Waals surface area (Å²) in [6.45, 7) is 4.67. The van der Waals surface area contributed by atoms with E-state index in [1.807, 2.05) is 21.1 Å². The van der Waals surface area contributed by atoms with Gasteiger partial charge in [0.2, 0.25) is 5.91 Å². The van der Waals surface area contributed by atoms with E-state index in [0.29, 0.717) is 23.9 Å². The van der Waals surface area contributed by atoms with E-state index in [4.69, 9.17) is 9.05 Å². The number of unbranched alkanes of at least 4 members (excludes halogenated alkanes) is 20. The van der Waals surface area contributed by atoms with Crippen LogP contribution >= 0.6 is 7.82 Å². The minimum Gasteiger partial charge on any atom is -0.756 e. The van der Waals surface area contributed by atoms with E-state index in [9.17, 15) is 19.4 Å². The van der Waals surface area contributed by atoms with Crippen molar-refractivity contribution in [3.8, 4) is 0 Å². The van der Waals surface area contributed by atoms with Crippen LogP contribution in [0.5, 0.6) is 0 Å². The van der Waals surface area contributed by atoms with E-state index in [-0.39, 0.29) is 19.1 Å². The molecule has 0 bridgehead atoms. The number of nitrogens with zero attached hydrogens (tertiary/aromatic N) is 1. The lowest BCUT2D eigenvalue weighted by Crippen LogP contribution is -2.46. The second-order valence-electron chi connectivity index (χ2n) is 14.6. The van der Waals surface area contributed by atoms with Gasteiger partial charge >= 0.3 is 0 Å². The van der Waals surface area contributed by atoms with Crippen LogP contribution in [0.3, 0.4) is 0 Å². The molecule has 0 heterocycles. The van der Waals surface area contributed by atoms with E-state index in [2.05, 4.69) is 31.3 Å². The normalized spacial score (nSPS) is 14.8. The molecule has 0 saturated heterocycles. The van der Waals surface area contributed by atoms with Crippen molar-refractivity contribution in [3.05, 3.63) is 12.2 Å². The van der Waals surface area contributed by atoms with Gasteiger partial charge in [-0.25, -0.2) is 0 Å². The zero-order valence-corrected chi connectivity index (χ0v) is 32.4. The minimum atomic E-state index is -4.55. The quantitative estimate of drug-likeness (QED) is 0.0297. The van der Waals surface area contributed by atoms with Crippen LogP contribution < -0.4 is 10.2 Å². The van der Waals surface area contributed by atoms with Crippen molar-refractivity contribution in [3.63, 3.8) is 0 Å². The molecule has 47 heavy (non-hydrogen) atoms. The predicted molar refractivity (Wildman–Crippen MR) is 196 cm³/mol. The maximum absolute atomic E-state index is 12.8. The highest BCUT2D eigenvalue weighted by molar-refractivity contribution is 7.45.